The maximum atomic E-state index is 6.13. The summed E-state index contributed by atoms with van der Waals surface area (Å²) in [5.41, 5.74) is 0.391. The molecule has 1 fully saturated rings. The summed E-state index contributed by atoms with van der Waals surface area (Å²) in [5.74, 6) is 0. The zero-order chi connectivity index (χ0) is 11.8. The van der Waals surface area contributed by atoms with Crippen LogP contribution in [0.1, 0.15) is 43.5 Å². The van der Waals surface area contributed by atoms with Crippen molar-refractivity contribution in [3.63, 3.8) is 0 Å². The normalized spacial score (nSPS) is 21.2. The van der Waals surface area contributed by atoms with Gasteiger partial charge in [-0.1, -0.05) is 31.4 Å². The van der Waals surface area contributed by atoms with Gasteiger partial charge < -0.3 is 5.32 Å². The van der Waals surface area contributed by atoms with Crippen molar-refractivity contribution in [2.24, 2.45) is 5.41 Å². The minimum atomic E-state index is 0.391. The van der Waals surface area contributed by atoms with E-state index in [1.807, 2.05) is 0 Å². The van der Waals surface area contributed by atoms with Gasteiger partial charge in [0, 0.05) is 15.4 Å². The molecule has 0 saturated heterocycles. The highest BCUT2D eigenvalue weighted by atomic mass is 79.9. The lowest BCUT2D eigenvalue weighted by atomic mass is 9.80. The lowest BCUT2D eigenvalue weighted by Gasteiger charge is -2.33. The molecule has 0 radical (unpaired) electrons. The Bertz CT molecular complexity index is 352. The highest BCUT2D eigenvalue weighted by Crippen LogP contribution is 2.49. The lowest BCUT2D eigenvalue weighted by Crippen LogP contribution is -2.31. The van der Waals surface area contributed by atoms with Crippen molar-refractivity contribution in [3.05, 3.63) is 19.8 Å². The fraction of sp³-hybridized carbons (Fsp3) is 0.667. The van der Waals surface area contributed by atoms with Gasteiger partial charge in [0.25, 0.3) is 0 Å². The Morgan fingerprint density at radius 2 is 2.12 bits per heavy atom. The molecule has 1 saturated carbocycles. The standard InChI is InChI=1S/C12H17BrClNS/c1-12(5-3-4-6-12)10(15-2)9-7-8(13)11(14)16-9/h7,10,15H,3-6H2,1-2H3. The number of rotatable bonds is 3. The Morgan fingerprint density at radius 1 is 1.50 bits per heavy atom. The Balaban J connectivity index is 2.28. The van der Waals surface area contributed by atoms with E-state index in [4.69, 9.17) is 11.6 Å². The van der Waals surface area contributed by atoms with Crippen molar-refractivity contribution < 1.29 is 0 Å². The van der Waals surface area contributed by atoms with E-state index in [1.54, 1.807) is 11.3 Å². The number of nitrogens with one attached hydrogen (secondary N) is 1. The van der Waals surface area contributed by atoms with E-state index in [9.17, 15) is 0 Å². The summed E-state index contributed by atoms with van der Waals surface area (Å²) in [6, 6.07) is 2.60. The lowest BCUT2D eigenvalue weighted by molar-refractivity contribution is 0.237. The van der Waals surface area contributed by atoms with Crippen LogP contribution in [0.4, 0.5) is 0 Å². The third-order valence-corrected chi connectivity index (χ3v) is 6.22. The van der Waals surface area contributed by atoms with E-state index in [-0.39, 0.29) is 0 Å². The van der Waals surface area contributed by atoms with Crippen LogP contribution in [0.3, 0.4) is 0 Å². The van der Waals surface area contributed by atoms with Crippen molar-refractivity contribution in [1.82, 2.24) is 5.32 Å². The first-order chi connectivity index (χ1) is 7.57. The minimum Gasteiger partial charge on any atom is -0.312 e. The van der Waals surface area contributed by atoms with Crippen LogP contribution in [0.25, 0.3) is 0 Å². The molecule has 1 heterocycles. The summed E-state index contributed by atoms with van der Waals surface area (Å²) in [4.78, 5) is 1.35. The summed E-state index contributed by atoms with van der Waals surface area (Å²) in [5, 5.41) is 3.47. The van der Waals surface area contributed by atoms with Gasteiger partial charge in [-0.25, -0.2) is 0 Å². The number of halogens is 2. The molecule has 1 unspecified atom stereocenters. The average molecular weight is 323 g/mol. The Kier molecular flexibility index (Phi) is 4.00. The van der Waals surface area contributed by atoms with Crippen LogP contribution in [0.15, 0.2) is 10.5 Å². The molecular formula is C12H17BrClNS. The van der Waals surface area contributed by atoms with Gasteiger partial charge in [0.1, 0.15) is 4.34 Å². The van der Waals surface area contributed by atoms with Crippen LogP contribution in [0.5, 0.6) is 0 Å². The Hall–Kier alpha value is 0.430. The third kappa shape index (κ3) is 2.33. The predicted octanol–water partition coefficient (Wildman–Crippen LogP) is 5.00. The Labute approximate surface area is 115 Å². The van der Waals surface area contributed by atoms with Crippen molar-refractivity contribution in [3.8, 4) is 0 Å². The summed E-state index contributed by atoms with van der Waals surface area (Å²) >= 11 is 11.3. The second-order valence-corrected chi connectivity index (χ2v) is 7.39. The average Bonchev–Trinajstić information content (AvgIpc) is 2.77. The highest BCUT2D eigenvalue weighted by Gasteiger charge is 2.37. The third-order valence-electron chi connectivity index (χ3n) is 3.68. The second kappa shape index (κ2) is 4.97. The number of hydrogen-bond donors (Lipinski definition) is 1. The van der Waals surface area contributed by atoms with Gasteiger partial charge >= 0.3 is 0 Å². The smallest absolute Gasteiger partial charge is 0.107 e. The molecule has 2 rings (SSSR count). The number of thiophene rings is 1. The van der Waals surface area contributed by atoms with Gasteiger partial charge in [-0.15, -0.1) is 11.3 Å². The van der Waals surface area contributed by atoms with E-state index in [0.717, 1.165) is 8.81 Å². The zero-order valence-corrected chi connectivity index (χ0v) is 12.8. The van der Waals surface area contributed by atoms with E-state index < -0.39 is 0 Å². The zero-order valence-electron chi connectivity index (χ0n) is 9.65. The summed E-state index contributed by atoms with van der Waals surface area (Å²) in [7, 11) is 2.05. The molecule has 0 aromatic carbocycles. The highest BCUT2D eigenvalue weighted by molar-refractivity contribution is 9.10. The summed E-state index contributed by atoms with van der Waals surface area (Å²) in [6.07, 6.45) is 5.33. The maximum Gasteiger partial charge on any atom is 0.107 e. The fourth-order valence-electron chi connectivity index (χ4n) is 2.81. The monoisotopic (exact) mass is 321 g/mol. The van der Waals surface area contributed by atoms with Gasteiger partial charge in [-0.05, 0) is 47.3 Å². The van der Waals surface area contributed by atoms with Crippen molar-refractivity contribution in [1.29, 1.82) is 0 Å². The summed E-state index contributed by atoms with van der Waals surface area (Å²) in [6.45, 7) is 2.39. The van der Waals surface area contributed by atoms with Gasteiger partial charge in [0.05, 0.1) is 0 Å². The molecule has 1 atom stereocenters. The van der Waals surface area contributed by atoms with Gasteiger partial charge in [0.2, 0.25) is 0 Å². The first-order valence-corrected chi connectivity index (χ1v) is 7.67. The van der Waals surface area contributed by atoms with Gasteiger partial charge in [-0.2, -0.15) is 0 Å². The van der Waals surface area contributed by atoms with Crippen molar-refractivity contribution >= 4 is 38.9 Å². The SMILES string of the molecule is CNC(c1cc(Br)c(Cl)s1)C1(C)CCCC1. The molecule has 16 heavy (non-hydrogen) atoms. The minimum absolute atomic E-state index is 0.391. The van der Waals surface area contributed by atoms with Gasteiger partial charge in [-0.3, -0.25) is 0 Å². The molecule has 0 bridgehead atoms. The van der Waals surface area contributed by atoms with Crippen LogP contribution in [-0.2, 0) is 0 Å². The molecule has 1 nitrogen and oxygen atoms in total. The van der Waals surface area contributed by atoms with Crippen LogP contribution in [-0.4, -0.2) is 7.05 Å². The molecule has 1 aromatic rings. The van der Waals surface area contributed by atoms with Crippen LogP contribution in [0, 0.1) is 5.41 Å². The first-order valence-electron chi connectivity index (χ1n) is 5.69. The second-order valence-electron chi connectivity index (χ2n) is 4.85. The molecule has 90 valence electrons. The largest absolute Gasteiger partial charge is 0.312 e. The first kappa shape index (κ1) is 12.9. The molecule has 1 aliphatic rings. The number of hydrogen-bond acceptors (Lipinski definition) is 2. The van der Waals surface area contributed by atoms with Gasteiger partial charge in [0.15, 0.2) is 0 Å². The molecule has 0 spiro atoms. The topological polar surface area (TPSA) is 12.0 Å². The molecule has 0 aliphatic heterocycles. The molecule has 1 aliphatic carbocycles. The van der Waals surface area contributed by atoms with Crippen molar-refractivity contribution in [2.45, 2.75) is 38.6 Å². The Morgan fingerprint density at radius 3 is 2.56 bits per heavy atom. The van der Waals surface area contributed by atoms with E-state index in [0.29, 0.717) is 11.5 Å². The fourth-order valence-corrected chi connectivity index (χ4v) is 4.83. The molecule has 0 amide bonds. The van der Waals surface area contributed by atoms with Crippen LogP contribution in [0.2, 0.25) is 4.34 Å². The van der Waals surface area contributed by atoms with Crippen LogP contribution < -0.4 is 5.32 Å². The molecule has 1 aromatic heterocycles. The van der Waals surface area contributed by atoms with Crippen molar-refractivity contribution in [2.75, 3.05) is 7.05 Å². The predicted molar refractivity (Wildman–Crippen MR) is 75.4 cm³/mol. The maximum absolute atomic E-state index is 6.13. The molecule has 1 N–H and O–H groups in total. The van der Waals surface area contributed by atoms with E-state index >= 15 is 0 Å². The van der Waals surface area contributed by atoms with Crippen LogP contribution >= 0.6 is 38.9 Å². The molecular weight excluding hydrogens is 306 g/mol. The quantitative estimate of drug-likeness (QED) is 0.825. The van der Waals surface area contributed by atoms with E-state index in [2.05, 4.69) is 41.3 Å². The van der Waals surface area contributed by atoms with E-state index in [1.165, 1.54) is 30.6 Å². The summed E-state index contributed by atoms with van der Waals surface area (Å²) < 4.78 is 1.88. The molecule has 4 heteroatoms.